The average molecular weight is 283 g/mol. The Kier molecular flexibility index (Phi) is 6.02. The van der Waals surface area contributed by atoms with Crippen LogP contribution in [0.1, 0.15) is 60.8 Å². The van der Waals surface area contributed by atoms with E-state index in [4.69, 9.17) is 0 Å². The van der Waals surface area contributed by atoms with Gasteiger partial charge in [-0.1, -0.05) is 6.42 Å². The van der Waals surface area contributed by atoms with Crippen molar-refractivity contribution in [2.45, 2.75) is 77.9 Å². The van der Waals surface area contributed by atoms with Gasteiger partial charge in [-0.25, -0.2) is 0 Å². The highest BCUT2D eigenvalue weighted by Gasteiger charge is 2.26. The van der Waals surface area contributed by atoms with Crippen molar-refractivity contribution in [3.63, 3.8) is 0 Å². The van der Waals surface area contributed by atoms with Gasteiger partial charge in [-0.2, -0.15) is 0 Å². The molecule has 118 valence electrons. The van der Waals surface area contributed by atoms with Gasteiger partial charge >= 0.3 is 0 Å². The standard InChI is InChI=1S/C16H33N3O/c1-15(2,3)17-11-13-9-7-8-10-19(13)12-14(20)18-16(4,5)6/h13,17H,7-12H2,1-6H3,(H,18,20). The summed E-state index contributed by atoms with van der Waals surface area (Å²) < 4.78 is 0. The van der Waals surface area contributed by atoms with Gasteiger partial charge in [-0.05, 0) is 60.9 Å². The normalized spacial score (nSPS) is 21.8. The monoisotopic (exact) mass is 283 g/mol. The summed E-state index contributed by atoms with van der Waals surface area (Å²) in [5.74, 6) is 0.139. The number of hydrogen-bond donors (Lipinski definition) is 2. The minimum Gasteiger partial charge on any atom is -0.350 e. The highest BCUT2D eigenvalue weighted by Crippen LogP contribution is 2.17. The van der Waals surface area contributed by atoms with Crippen molar-refractivity contribution in [3.8, 4) is 0 Å². The van der Waals surface area contributed by atoms with E-state index in [1.807, 2.05) is 20.8 Å². The van der Waals surface area contributed by atoms with Crippen molar-refractivity contribution in [1.82, 2.24) is 15.5 Å². The Hall–Kier alpha value is -0.610. The first-order chi connectivity index (χ1) is 9.07. The molecule has 1 atom stereocenters. The number of piperidine rings is 1. The van der Waals surface area contributed by atoms with Crippen molar-refractivity contribution < 1.29 is 4.79 Å². The zero-order valence-corrected chi connectivity index (χ0v) is 14.2. The lowest BCUT2D eigenvalue weighted by atomic mass is 10.00. The third-order valence-corrected chi connectivity index (χ3v) is 3.48. The highest BCUT2D eigenvalue weighted by atomic mass is 16.2. The zero-order valence-electron chi connectivity index (χ0n) is 14.2. The Bertz CT molecular complexity index is 315. The van der Waals surface area contributed by atoms with Crippen molar-refractivity contribution in [3.05, 3.63) is 0 Å². The number of carbonyl (C=O) groups excluding carboxylic acids is 1. The van der Waals surface area contributed by atoms with Crippen LogP contribution >= 0.6 is 0 Å². The molecule has 1 unspecified atom stereocenters. The van der Waals surface area contributed by atoms with Crippen molar-refractivity contribution in [2.24, 2.45) is 0 Å². The van der Waals surface area contributed by atoms with Gasteiger partial charge in [0.1, 0.15) is 0 Å². The van der Waals surface area contributed by atoms with Crippen LogP contribution in [-0.4, -0.2) is 47.6 Å². The second-order valence-electron chi connectivity index (χ2n) is 8.05. The average Bonchev–Trinajstić information content (AvgIpc) is 2.24. The Morgan fingerprint density at radius 3 is 2.30 bits per heavy atom. The minimum atomic E-state index is -0.147. The fourth-order valence-electron chi connectivity index (χ4n) is 2.57. The molecular formula is C16H33N3O. The second-order valence-corrected chi connectivity index (χ2v) is 8.05. The molecule has 2 N–H and O–H groups in total. The molecule has 0 aromatic carbocycles. The molecule has 0 spiro atoms. The van der Waals surface area contributed by atoms with Crippen LogP contribution in [0.25, 0.3) is 0 Å². The minimum absolute atomic E-state index is 0.136. The molecule has 4 heteroatoms. The molecule has 1 fully saturated rings. The van der Waals surface area contributed by atoms with Gasteiger partial charge in [0.25, 0.3) is 0 Å². The number of nitrogens with one attached hydrogen (secondary N) is 2. The summed E-state index contributed by atoms with van der Waals surface area (Å²) in [6.07, 6.45) is 3.66. The van der Waals surface area contributed by atoms with E-state index >= 15 is 0 Å². The Morgan fingerprint density at radius 1 is 1.10 bits per heavy atom. The number of likely N-dealkylation sites (tertiary alicyclic amines) is 1. The lowest BCUT2D eigenvalue weighted by Gasteiger charge is -2.37. The smallest absolute Gasteiger partial charge is 0.234 e. The van der Waals surface area contributed by atoms with Crippen LogP contribution in [-0.2, 0) is 4.79 Å². The van der Waals surface area contributed by atoms with Gasteiger partial charge in [-0.15, -0.1) is 0 Å². The Balaban J connectivity index is 2.49. The van der Waals surface area contributed by atoms with Crippen LogP contribution in [0.5, 0.6) is 0 Å². The van der Waals surface area contributed by atoms with E-state index in [1.165, 1.54) is 19.3 Å². The second kappa shape index (κ2) is 6.90. The van der Waals surface area contributed by atoms with E-state index in [2.05, 4.69) is 36.3 Å². The summed E-state index contributed by atoms with van der Waals surface area (Å²) in [5, 5.41) is 6.63. The summed E-state index contributed by atoms with van der Waals surface area (Å²) in [4.78, 5) is 14.4. The number of nitrogens with zero attached hydrogens (tertiary/aromatic N) is 1. The molecule has 20 heavy (non-hydrogen) atoms. The van der Waals surface area contributed by atoms with Crippen LogP contribution in [0.2, 0.25) is 0 Å². The van der Waals surface area contributed by atoms with Crippen LogP contribution in [0.15, 0.2) is 0 Å². The van der Waals surface area contributed by atoms with Gasteiger partial charge in [0.15, 0.2) is 0 Å². The molecule has 1 saturated heterocycles. The number of carbonyl (C=O) groups is 1. The van der Waals surface area contributed by atoms with Gasteiger partial charge in [0.2, 0.25) is 5.91 Å². The molecule has 0 radical (unpaired) electrons. The quantitative estimate of drug-likeness (QED) is 0.831. The van der Waals surface area contributed by atoms with Crippen LogP contribution in [0.3, 0.4) is 0 Å². The summed E-state index contributed by atoms with van der Waals surface area (Å²) in [6, 6.07) is 0.480. The largest absolute Gasteiger partial charge is 0.350 e. The first-order valence-electron chi connectivity index (χ1n) is 7.87. The van der Waals surface area contributed by atoms with E-state index in [0.717, 1.165) is 13.1 Å². The molecule has 4 nitrogen and oxygen atoms in total. The predicted octanol–water partition coefficient (Wildman–Crippen LogP) is 2.14. The highest BCUT2D eigenvalue weighted by molar-refractivity contribution is 5.78. The lowest BCUT2D eigenvalue weighted by Crippen LogP contribution is -2.53. The van der Waals surface area contributed by atoms with E-state index < -0.39 is 0 Å². The van der Waals surface area contributed by atoms with E-state index in [9.17, 15) is 4.79 Å². The predicted molar refractivity (Wildman–Crippen MR) is 84.9 cm³/mol. The lowest BCUT2D eigenvalue weighted by molar-refractivity contribution is -0.124. The first-order valence-corrected chi connectivity index (χ1v) is 7.87. The number of rotatable bonds is 4. The van der Waals surface area contributed by atoms with Crippen molar-refractivity contribution in [2.75, 3.05) is 19.6 Å². The molecular weight excluding hydrogens is 250 g/mol. The fraction of sp³-hybridized carbons (Fsp3) is 0.938. The Morgan fingerprint density at radius 2 is 1.75 bits per heavy atom. The summed E-state index contributed by atoms with van der Waals surface area (Å²) in [7, 11) is 0. The maximum absolute atomic E-state index is 12.1. The third-order valence-electron chi connectivity index (χ3n) is 3.48. The summed E-state index contributed by atoms with van der Waals surface area (Å²) in [6.45, 7) is 15.2. The summed E-state index contributed by atoms with van der Waals surface area (Å²) >= 11 is 0. The van der Waals surface area contributed by atoms with Gasteiger partial charge in [0, 0.05) is 23.7 Å². The molecule has 1 aliphatic rings. The van der Waals surface area contributed by atoms with Gasteiger partial charge in [0.05, 0.1) is 6.54 Å². The molecule has 0 aromatic rings. The third kappa shape index (κ3) is 7.25. The van der Waals surface area contributed by atoms with Gasteiger partial charge < -0.3 is 10.6 Å². The molecule has 1 heterocycles. The van der Waals surface area contributed by atoms with Crippen molar-refractivity contribution in [1.29, 1.82) is 0 Å². The topological polar surface area (TPSA) is 44.4 Å². The molecule has 0 bridgehead atoms. The summed E-state index contributed by atoms with van der Waals surface area (Å²) in [5.41, 5.74) is -0.0111. The van der Waals surface area contributed by atoms with Crippen LogP contribution in [0, 0.1) is 0 Å². The maximum Gasteiger partial charge on any atom is 0.234 e. The number of hydrogen-bond acceptors (Lipinski definition) is 3. The SMILES string of the molecule is CC(C)(C)NCC1CCCCN1CC(=O)NC(C)(C)C. The van der Waals surface area contributed by atoms with Crippen LogP contribution < -0.4 is 10.6 Å². The molecule has 0 aliphatic carbocycles. The van der Waals surface area contributed by atoms with E-state index in [0.29, 0.717) is 12.6 Å². The number of amides is 1. The first kappa shape index (κ1) is 17.4. The molecule has 1 amide bonds. The zero-order chi connectivity index (χ0) is 15.4. The van der Waals surface area contributed by atoms with E-state index in [1.54, 1.807) is 0 Å². The molecule has 0 saturated carbocycles. The van der Waals surface area contributed by atoms with E-state index in [-0.39, 0.29) is 17.0 Å². The van der Waals surface area contributed by atoms with Crippen molar-refractivity contribution >= 4 is 5.91 Å². The molecule has 1 aliphatic heterocycles. The molecule has 0 aromatic heterocycles. The molecule has 1 rings (SSSR count). The van der Waals surface area contributed by atoms with Gasteiger partial charge in [-0.3, -0.25) is 9.69 Å². The maximum atomic E-state index is 12.1. The fourth-order valence-corrected chi connectivity index (χ4v) is 2.57. The van der Waals surface area contributed by atoms with Crippen LogP contribution in [0.4, 0.5) is 0 Å². The Labute approximate surface area is 124 Å².